The van der Waals surface area contributed by atoms with Crippen LogP contribution in [0.1, 0.15) is 16.1 Å². The lowest BCUT2D eigenvalue weighted by atomic mass is 10.1. The van der Waals surface area contributed by atoms with Crippen molar-refractivity contribution in [1.29, 1.82) is 0 Å². The van der Waals surface area contributed by atoms with E-state index in [1.807, 2.05) is 35.2 Å². The highest BCUT2D eigenvalue weighted by molar-refractivity contribution is 7.93. The van der Waals surface area contributed by atoms with Gasteiger partial charge < -0.3 is 4.90 Å². The first kappa shape index (κ1) is 22.9. The number of nitrogens with zero attached hydrogens (tertiary/aromatic N) is 4. The second-order valence-electron chi connectivity index (χ2n) is 8.40. The number of rotatable bonds is 6. The molecule has 1 aliphatic heterocycles. The van der Waals surface area contributed by atoms with E-state index in [9.17, 15) is 13.2 Å². The standard InChI is InChI=1S/C26H25N5O3S/c32-26(31-17-15-30(16-18-31)19-23-7-1-2-13-27-23)21-9-11-22(12-10-21)29-35(33,34)24-8-3-5-20-6-4-14-28-25(20)24/h1-14,29H,15-19H2. The van der Waals surface area contributed by atoms with Crippen molar-refractivity contribution in [3.05, 3.63) is 96.4 Å². The summed E-state index contributed by atoms with van der Waals surface area (Å²) < 4.78 is 28.6. The van der Waals surface area contributed by atoms with Gasteiger partial charge in [0.2, 0.25) is 0 Å². The molecular formula is C26H25N5O3S. The van der Waals surface area contributed by atoms with Crippen LogP contribution in [0.15, 0.2) is 90.1 Å². The molecule has 1 saturated heterocycles. The first-order valence-electron chi connectivity index (χ1n) is 11.4. The van der Waals surface area contributed by atoms with E-state index in [-0.39, 0.29) is 10.8 Å². The molecule has 35 heavy (non-hydrogen) atoms. The summed E-state index contributed by atoms with van der Waals surface area (Å²) in [4.78, 5) is 25.8. The fourth-order valence-corrected chi connectivity index (χ4v) is 5.44. The normalized spacial score (nSPS) is 14.7. The number of sulfonamides is 1. The number of carbonyl (C=O) groups is 1. The summed E-state index contributed by atoms with van der Waals surface area (Å²) in [6, 6.07) is 21.0. The summed E-state index contributed by atoms with van der Waals surface area (Å²) in [6.45, 7) is 3.59. The van der Waals surface area contributed by atoms with Crippen LogP contribution in [0.4, 0.5) is 5.69 Å². The number of benzene rings is 2. The van der Waals surface area contributed by atoms with Crippen molar-refractivity contribution in [3.63, 3.8) is 0 Å². The predicted octanol–water partition coefficient (Wildman–Crippen LogP) is 3.39. The van der Waals surface area contributed by atoms with Crippen molar-refractivity contribution < 1.29 is 13.2 Å². The Labute approximate surface area is 204 Å². The summed E-state index contributed by atoms with van der Waals surface area (Å²) in [5, 5.41) is 0.747. The largest absolute Gasteiger partial charge is 0.336 e. The van der Waals surface area contributed by atoms with Gasteiger partial charge in [-0.25, -0.2) is 8.42 Å². The molecule has 1 N–H and O–H groups in total. The second-order valence-corrected chi connectivity index (χ2v) is 10.1. The fourth-order valence-electron chi connectivity index (χ4n) is 4.20. The molecule has 4 aromatic rings. The maximum atomic E-state index is 13.0. The van der Waals surface area contributed by atoms with Gasteiger partial charge in [-0.2, -0.15) is 0 Å². The molecule has 0 bridgehead atoms. The van der Waals surface area contributed by atoms with Gasteiger partial charge in [0.25, 0.3) is 15.9 Å². The van der Waals surface area contributed by atoms with Crippen LogP contribution in [-0.4, -0.2) is 60.3 Å². The number of anilines is 1. The van der Waals surface area contributed by atoms with Crippen LogP contribution in [-0.2, 0) is 16.6 Å². The van der Waals surface area contributed by atoms with Gasteiger partial charge in [-0.05, 0) is 48.5 Å². The third kappa shape index (κ3) is 5.16. The summed E-state index contributed by atoms with van der Waals surface area (Å²) in [6.07, 6.45) is 3.36. The molecule has 3 heterocycles. The molecule has 0 radical (unpaired) electrons. The topological polar surface area (TPSA) is 95.5 Å². The highest BCUT2D eigenvalue weighted by atomic mass is 32.2. The average molecular weight is 488 g/mol. The van der Waals surface area contributed by atoms with Crippen molar-refractivity contribution in [2.45, 2.75) is 11.4 Å². The van der Waals surface area contributed by atoms with Gasteiger partial charge in [0.05, 0.1) is 11.2 Å². The van der Waals surface area contributed by atoms with Gasteiger partial charge in [0, 0.05) is 61.8 Å². The highest BCUT2D eigenvalue weighted by Gasteiger charge is 2.23. The first-order chi connectivity index (χ1) is 17.0. The molecule has 178 valence electrons. The molecule has 0 aliphatic carbocycles. The molecule has 8 nitrogen and oxygen atoms in total. The Morgan fingerprint density at radius 2 is 1.57 bits per heavy atom. The van der Waals surface area contributed by atoms with Crippen LogP contribution in [0.5, 0.6) is 0 Å². The molecule has 2 aromatic carbocycles. The molecular weight excluding hydrogens is 462 g/mol. The lowest BCUT2D eigenvalue weighted by Gasteiger charge is -2.34. The Bertz CT molecular complexity index is 1430. The lowest BCUT2D eigenvalue weighted by Crippen LogP contribution is -2.48. The van der Waals surface area contributed by atoms with E-state index in [1.54, 1.807) is 48.8 Å². The van der Waals surface area contributed by atoms with Crippen LogP contribution in [0, 0.1) is 0 Å². The Kier molecular flexibility index (Phi) is 6.43. The summed E-state index contributed by atoms with van der Waals surface area (Å²) >= 11 is 0. The summed E-state index contributed by atoms with van der Waals surface area (Å²) in [7, 11) is -3.84. The van der Waals surface area contributed by atoms with Crippen molar-refractivity contribution >= 4 is 32.5 Å². The number of aromatic nitrogens is 2. The number of para-hydroxylation sites is 1. The number of nitrogens with one attached hydrogen (secondary N) is 1. The molecule has 9 heteroatoms. The zero-order valence-electron chi connectivity index (χ0n) is 19.0. The smallest absolute Gasteiger partial charge is 0.264 e. The lowest BCUT2D eigenvalue weighted by molar-refractivity contribution is 0.0627. The maximum absolute atomic E-state index is 13.0. The van der Waals surface area contributed by atoms with Crippen LogP contribution < -0.4 is 4.72 Å². The van der Waals surface area contributed by atoms with E-state index in [0.717, 1.165) is 30.7 Å². The minimum atomic E-state index is -3.84. The van der Waals surface area contributed by atoms with Crippen molar-refractivity contribution in [1.82, 2.24) is 19.8 Å². The molecule has 5 rings (SSSR count). The van der Waals surface area contributed by atoms with Crippen LogP contribution in [0.3, 0.4) is 0 Å². The number of hydrogen-bond donors (Lipinski definition) is 1. The van der Waals surface area contributed by atoms with E-state index in [0.29, 0.717) is 29.9 Å². The van der Waals surface area contributed by atoms with Crippen LogP contribution >= 0.6 is 0 Å². The molecule has 1 fully saturated rings. The van der Waals surface area contributed by atoms with Crippen LogP contribution in [0.25, 0.3) is 10.9 Å². The Morgan fingerprint density at radius 1 is 0.829 bits per heavy atom. The number of pyridine rings is 2. The number of piperazine rings is 1. The van der Waals surface area contributed by atoms with Gasteiger partial charge in [-0.3, -0.25) is 24.4 Å². The van der Waals surface area contributed by atoms with Gasteiger partial charge in [-0.15, -0.1) is 0 Å². The molecule has 0 atom stereocenters. The Hall–Kier alpha value is -3.82. The highest BCUT2D eigenvalue weighted by Crippen LogP contribution is 2.23. The summed E-state index contributed by atoms with van der Waals surface area (Å²) in [5.74, 6) is -0.0600. The minimum Gasteiger partial charge on any atom is -0.336 e. The molecule has 1 aliphatic rings. The SMILES string of the molecule is O=C(c1ccc(NS(=O)(=O)c2cccc3cccnc23)cc1)N1CCN(Cc2ccccn2)CC1. The number of amides is 1. The third-order valence-electron chi connectivity index (χ3n) is 6.04. The maximum Gasteiger partial charge on any atom is 0.264 e. The Morgan fingerprint density at radius 3 is 2.31 bits per heavy atom. The number of carbonyl (C=O) groups excluding carboxylic acids is 1. The van der Waals surface area contributed by atoms with Crippen molar-refractivity contribution in [2.24, 2.45) is 0 Å². The third-order valence-corrected chi connectivity index (χ3v) is 7.45. The molecule has 2 aromatic heterocycles. The van der Waals surface area contributed by atoms with E-state index in [2.05, 4.69) is 19.6 Å². The number of fused-ring (bicyclic) bond motifs is 1. The monoisotopic (exact) mass is 487 g/mol. The van der Waals surface area contributed by atoms with Crippen molar-refractivity contribution in [3.8, 4) is 0 Å². The number of hydrogen-bond acceptors (Lipinski definition) is 6. The van der Waals surface area contributed by atoms with E-state index in [1.165, 1.54) is 6.07 Å². The molecule has 0 saturated carbocycles. The molecule has 0 spiro atoms. The Balaban J connectivity index is 1.22. The quantitative estimate of drug-likeness (QED) is 0.448. The van der Waals surface area contributed by atoms with Crippen molar-refractivity contribution in [2.75, 3.05) is 30.9 Å². The summed E-state index contributed by atoms with van der Waals surface area (Å²) in [5.41, 5.74) is 2.34. The average Bonchev–Trinajstić information content (AvgIpc) is 2.89. The van der Waals surface area contributed by atoms with E-state index in [4.69, 9.17) is 0 Å². The second kappa shape index (κ2) is 9.81. The fraction of sp³-hybridized carbons (Fsp3) is 0.192. The zero-order chi connectivity index (χ0) is 24.3. The van der Waals surface area contributed by atoms with E-state index < -0.39 is 10.0 Å². The molecule has 0 unspecified atom stereocenters. The van der Waals surface area contributed by atoms with Gasteiger partial charge in [0.15, 0.2) is 0 Å². The van der Waals surface area contributed by atoms with Crippen LogP contribution in [0.2, 0.25) is 0 Å². The van der Waals surface area contributed by atoms with E-state index >= 15 is 0 Å². The first-order valence-corrected chi connectivity index (χ1v) is 12.9. The zero-order valence-corrected chi connectivity index (χ0v) is 19.9. The van der Waals surface area contributed by atoms with Gasteiger partial charge in [0.1, 0.15) is 4.90 Å². The van der Waals surface area contributed by atoms with Gasteiger partial charge in [-0.1, -0.05) is 24.3 Å². The molecule has 1 amide bonds. The van der Waals surface area contributed by atoms with Gasteiger partial charge >= 0.3 is 0 Å². The minimum absolute atomic E-state index is 0.0600. The predicted molar refractivity (Wildman–Crippen MR) is 134 cm³/mol.